The Kier molecular flexibility index (Phi) is 3.65. The molecule has 2 amide bonds. The first-order chi connectivity index (χ1) is 9.61. The van der Waals surface area contributed by atoms with Crippen molar-refractivity contribution in [1.82, 2.24) is 5.32 Å². The molecule has 2 aliphatic heterocycles. The quantitative estimate of drug-likeness (QED) is 0.800. The highest BCUT2D eigenvalue weighted by Crippen LogP contribution is 2.47. The van der Waals surface area contributed by atoms with Crippen LogP contribution in [0.2, 0.25) is 0 Å². The van der Waals surface area contributed by atoms with Crippen LogP contribution in [0.25, 0.3) is 0 Å². The Morgan fingerprint density at radius 2 is 2.20 bits per heavy atom. The van der Waals surface area contributed by atoms with E-state index >= 15 is 0 Å². The zero-order chi connectivity index (χ0) is 14.2. The summed E-state index contributed by atoms with van der Waals surface area (Å²) in [5, 5.41) is 2.47. The third-order valence-electron chi connectivity index (χ3n) is 4.18. The molecule has 2 unspecified atom stereocenters. The maximum absolute atomic E-state index is 12.4. The first-order valence-corrected chi connectivity index (χ1v) is 7.57. The van der Waals surface area contributed by atoms with Gasteiger partial charge in [0.15, 0.2) is 0 Å². The molecular formula is C15H16BrNO3. The second-order valence-electron chi connectivity index (χ2n) is 5.60. The highest BCUT2D eigenvalue weighted by Gasteiger charge is 2.50. The number of carbonyl (C=O) groups excluding carboxylic acids is 2. The van der Waals surface area contributed by atoms with Gasteiger partial charge in [0.05, 0.1) is 12.5 Å². The molecule has 2 fully saturated rings. The van der Waals surface area contributed by atoms with E-state index in [-0.39, 0.29) is 17.7 Å². The van der Waals surface area contributed by atoms with Gasteiger partial charge in [-0.15, -0.1) is 0 Å². The fourth-order valence-electron chi connectivity index (χ4n) is 3.39. The second-order valence-corrected chi connectivity index (χ2v) is 6.51. The Morgan fingerprint density at radius 1 is 1.35 bits per heavy atom. The normalized spacial score (nSPS) is 30.4. The molecule has 1 aromatic rings. The lowest BCUT2D eigenvalue weighted by Crippen LogP contribution is -2.53. The molecule has 3 rings (SSSR count). The van der Waals surface area contributed by atoms with E-state index in [2.05, 4.69) is 21.2 Å². The lowest BCUT2D eigenvalue weighted by Gasteiger charge is -2.44. The molecule has 0 radical (unpaired) electrons. The molecule has 1 aromatic carbocycles. The first-order valence-electron chi connectivity index (χ1n) is 6.78. The summed E-state index contributed by atoms with van der Waals surface area (Å²) in [5.41, 5.74) is 0.549. The van der Waals surface area contributed by atoms with Gasteiger partial charge < -0.3 is 4.74 Å². The van der Waals surface area contributed by atoms with Crippen LogP contribution in [-0.2, 0) is 14.3 Å². The standard InChI is InChI=1S/C15H16BrNO3/c16-11-4-1-3-10(7-11)13-14(19)17-12(18)8-15(13)5-2-6-20-9-15/h1,3-4,7,13H,2,5-6,8-9H2,(H,17,18,19). The number of imide groups is 1. The molecule has 4 nitrogen and oxygen atoms in total. The minimum absolute atomic E-state index is 0.188. The number of hydrogen-bond donors (Lipinski definition) is 1. The maximum atomic E-state index is 12.4. The van der Waals surface area contributed by atoms with E-state index in [1.54, 1.807) is 0 Å². The summed E-state index contributed by atoms with van der Waals surface area (Å²) in [6.07, 6.45) is 2.10. The van der Waals surface area contributed by atoms with Crippen molar-refractivity contribution in [2.75, 3.05) is 13.2 Å². The summed E-state index contributed by atoms with van der Waals surface area (Å²) < 4.78 is 6.53. The highest BCUT2D eigenvalue weighted by molar-refractivity contribution is 9.10. The number of benzene rings is 1. The monoisotopic (exact) mass is 337 g/mol. The van der Waals surface area contributed by atoms with Gasteiger partial charge in [0.2, 0.25) is 11.8 Å². The lowest BCUT2D eigenvalue weighted by atomic mass is 9.64. The van der Waals surface area contributed by atoms with Crippen LogP contribution in [0.1, 0.15) is 30.7 Å². The van der Waals surface area contributed by atoms with Gasteiger partial charge in [0, 0.05) is 22.9 Å². The zero-order valence-electron chi connectivity index (χ0n) is 11.0. The summed E-state index contributed by atoms with van der Waals surface area (Å²) >= 11 is 3.44. The van der Waals surface area contributed by atoms with Gasteiger partial charge in [-0.1, -0.05) is 28.1 Å². The summed E-state index contributed by atoms with van der Waals surface area (Å²) in [5.74, 6) is -0.713. The molecule has 20 heavy (non-hydrogen) atoms. The van der Waals surface area contributed by atoms with Crippen LogP contribution in [0.3, 0.4) is 0 Å². The minimum atomic E-state index is -0.390. The number of ether oxygens (including phenoxy) is 1. The molecule has 2 aliphatic rings. The maximum Gasteiger partial charge on any atom is 0.234 e. The Labute approximate surface area is 126 Å². The Morgan fingerprint density at radius 3 is 2.90 bits per heavy atom. The van der Waals surface area contributed by atoms with Crippen LogP contribution in [0.5, 0.6) is 0 Å². The van der Waals surface area contributed by atoms with Crippen molar-refractivity contribution in [2.45, 2.75) is 25.2 Å². The van der Waals surface area contributed by atoms with Crippen molar-refractivity contribution in [2.24, 2.45) is 5.41 Å². The van der Waals surface area contributed by atoms with Gasteiger partial charge in [-0.3, -0.25) is 14.9 Å². The van der Waals surface area contributed by atoms with Crippen LogP contribution < -0.4 is 5.32 Å². The highest BCUT2D eigenvalue weighted by atomic mass is 79.9. The molecule has 0 aliphatic carbocycles. The van der Waals surface area contributed by atoms with Gasteiger partial charge in [-0.25, -0.2) is 0 Å². The summed E-state index contributed by atoms with van der Waals surface area (Å²) in [7, 11) is 0. The van der Waals surface area contributed by atoms with Crippen molar-refractivity contribution in [3.05, 3.63) is 34.3 Å². The Balaban J connectivity index is 2.03. The smallest absolute Gasteiger partial charge is 0.234 e. The summed E-state index contributed by atoms with van der Waals surface area (Å²) in [6.45, 7) is 1.19. The predicted octanol–water partition coefficient (Wildman–Crippen LogP) is 2.38. The van der Waals surface area contributed by atoms with Crippen molar-refractivity contribution in [3.63, 3.8) is 0 Å². The van der Waals surface area contributed by atoms with Crippen molar-refractivity contribution >= 4 is 27.7 Å². The van der Waals surface area contributed by atoms with Crippen LogP contribution in [0, 0.1) is 5.41 Å². The number of nitrogens with one attached hydrogen (secondary N) is 1. The third kappa shape index (κ3) is 2.40. The van der Waals surface area contributed by atoms with Crippen molar-refractivity contribution in [3.8, 4) is 0 Å². The van der Waals surface area contributed by atoms with E-state index in [1.165, 1.54) is 0 Å². The molecule has 2 saturated heterocycles. The van der Waals surface area contributed by atoms with Crippen LogP contribution in [0.15, 0.2) is 28.7 Å². The number of piperidine rings is 1. The zero-order valence-corrected chi connectivity index (χ0v) is 12.6. The third-order valence-corrected chi connectivity index (χ3v) is 4.68. The van der Waals surface area contributed by atoms with Gasteiger partial charge in [-0.05, 0) is 30.5 Å². The first kappa shape index (κ1) is 13.8. The van der Waals surface area contributed by atoms with Gasteiger partial charge in [-0.2, -0.15) is 0 Å². The minimum Gasteiger partial charge on any atom is -0.381 e. The van der Waals surface area contributed by atoms with E-state index in [0.717, 1.165) is 22.9 Å². The Bertz CT molecular complexity index is 552. The average molecular weight is 338 g/mol. The number of rotatable bonds is 1. The number of halogens is 1. The lowest BCUT2D eigenvalue weighted by molar-refractivity contribution is -0.146. The topological polar surface area (TPSA) is 55.4 Å². The molecule has 1 N–H and O–H groups in total. The fourth-order valence-corrected chi connectivity index (χ4v) is 3.80. The molecule has 0 bridgehead atoms. The number of amides is 2. The molecule has 1 spiro atoms. The van der Waals surface area contributed by atoms with Gasteiger partial charge in [0.1, 0.15) is 0 Å². The number of hydrogen-bond acceptors (Lipinski definition) is 3. The second kappa shape index (κ2) is 5.30. The SMILES string of the molecule is O=C1CC2(CCCOC2)C(c2cccc(Br)c2)C(=O)N1. The predicted molar refractivity (Wildman–Crippen MR) is 77.1 cm³/mol. The summed E-state index contributed by atoms with van der Waals surface area (Å²) in [4.78, 5) is 24.2. The van der Waals surface area contributed by atoms with Gasteiger partial charge in [0.25, 0.3) is 0 Å². The molecule has 2 atom stereocenters. The Hall–Kier alpha value is -1.20. The van der Waals surface area contributed by atoms with E-state index < -0.39 is 5.41 Å². The van der Waals surface area contributed by atoms with Crippen LogP contribution >= 0.6 is 15.9 Å². The van der Waals surface area contributed by atoms with Crippen molar-refractivity contribution in [1.29, 1.82) is 0 Å². The van der Waals surface area contributed by atoms with E-state index in [0.29, 0.717) is 19.6 Å². The molecule has 2 heterocycles. The van der Waals surface area contributed by atoms with Crippen LogP contribution in [-0.4, -0.2) is 25.0 Å². The van der Waals surface area contributed by atoms with E-state index in [4.69, 9.17) is 4.74 Å². The number of carbonyl (C=O) groups is 2. The largest absolute Gasteiger partial charge is 0.381 e. The van der Waals surface area contributed by atoms with Gasteiger partial charge >= 0.3 is 0 Å². The fraction of sp³-hybridized carbons (Fsp3) is 0.467. The van der Waals surface area contributed by atoms with Crippen LogP contribution in [0.4, 0.5) is 0 Å². The molecule has 106 valence electrons. The molecule has 0 saturated carbocycles. The summed E-state index contributed by atoms with van der Waals surface area (Å²) in [6, 6.07) is 7.75. The molecule has 0 aromatic heterocycles. The van der Waals surface area contributed by atoms with E-state index in [9.17, 15) is 9.59 Å². The van der Waals surface area contributed by atoms with E-state index in [1.807, 2.05) is 24.3 Å². The van der Waals surface area contributed by atoms with Crippen molar-refractivity contribution < 1.29 is 14.3 Å². The average Bonchev–Trinajstić information content (AvgIpc) is 2.38. The molecule has 5 heteroatoms. The molecular weight excluding hydrogens is 322 g/mol.